The highest BCUT2D eigenvalue weighted by atomic mass is 19.4. The summed E-state index contributed by atoms with van der Waals surface area (Å²) < 4.78 is 36.7. The Bertz CT molecular complexity index is 177. The molecule has 0 aromatic heterocycles. The third-order valence-corrected chi connectivity index (χ3v) is 3.27. The van der Waals surface area contributed by atoms with Crippen molar-refractivity contribution >= 4 is 0 Å². The molecule has 3 fully saturated rings. The molecule has 2 saturated heterocycles. The van der Waals surface area contributed by atoms with Crippen LogP contribution in [0.5, 0.6) is 0 Å². The normalized spacial score (nSPS) is 42.5. The van der Waals surface area contributed by atoms with Crippen LogP contribution < -0.4 is 0 Å². The monoisotopic (exact) mass is 179 g/mol. The highest BCUT2D eigenvalue weighted by Crippen LogP contribution is 2.46. The minimum atomic E-state index is -3.96. The van der Waals surface area contributed by atoms with Gasteiger partial charge in [0.15, 0.2) is 0 Å². The summed E-state index contributed by atoms with van der Waals surface area (Å²) in [4.78, 5) is 2.07. The van der Waals surface area contributed by atoms with Crippen LogP contribution in [0.25, 0.3) is 0 Å². The molecule has 0 aromatic carbocycles. The number of halogens is 3. The molecule has 2 bridgehead atoms. The van der Waals surface area contributed by atoms with Gasteiger partial charge in [-0.2, -0.15) is 13.2 Å². The van der Waals surface area contributed by atoms with Gasteiger partial charge in [0, 0.05) is 12.1 Å². The molecular weight excluding hydrogens is 167 g/mol. The van der Waals surface area contributed by atoms with Crippen LogP contribution in [0.2, 0.25) is 0 Å². The van der Waals surface area contributed by atoms with Crippen LogP contribution in [-0.4, -0.2) is 30.2 Å². The molecule has 0 aromatic rings. The van der Waals surface area contributed by atoms with Crippen molar-refractivity contribution in [1.82, 2.24) is 4.90 Å². The lowest BCUT2D eigenvalue weighted by Gasteiger charge is -2.53. The summed E-state index contributed by atoms with van der Waals surface area (Å²) in [7, 11) is 1.92. The molecule has 70 valence electrons. The average Bonchev–Trinajstić information content (AvgIpc) is 2.02. The van der Waals surface area contributed by atoms with Gasteiger partial charge in [0.2, 0.25) is 0 Å². The van der Waals surface area contributed by atoms with Crippen LogP contribution in [0.1, 0.15) is 19.3 Å². The van der Waals surface area contributed by atoms with Crippen molar-refractivity contribution < 1.29 is 13.2 Å². The molecule has 0 amide bonds. The summed E-state index contributed by atoms with van der Waals surface area (Å²) in [5.74, 6) is -1.03. The fourth-order valence-corrected chi connectivity index (χ4v) is 2.35. The van der Waals surface area contributed by atoms with E-state index in [1.54, 1.807) is 0 Å². The van der Waals surface area contributed by atoms with Crippen LogP contribution in [0.4, 0.5) is 13.2 Å². The second-order valence-corrected chi connectivity index (χ2v) is 3.92. The largest absolute Gasteiger partial charge is 0.391 e. The maximum Gasteiger partial charge on any atom is 0.391 e. The van der Waals surface area contributed by atoms with E-state index in [1.165, 1.54) is 0 Å². The van der Waals surface area contributed by atoms with Gasteiger partial charge in [-0.1, -0.05) is 0 Å². The highest BCUT2D eigenvalue weighted by Gasteiger charge is 2.51. The lowest BCUT2D eigenvalue weighted by Crippen LogP contribution is -2.60. The lowest BCUT2D eigenvalue weighted by molar-refractivity contribution is -0.209. The Morgan fingerprint density at radius 1 is 1.08 bits per heavy atom. The van der Waals surface area contributed by atoms with Crippen LogP contribution in [-0.2, 0) is 0 Å². The molecule has 3 atom stereocenters. The SMILES string of the molecule is CN1C2CC(C(F)(F)F)C[C@@H]1C2. The second-order valence-electron chi connectivity index (χ2n) is 3.92. The van der Waals surface area contributed by atoms with Gasteiger partial charge in [0.05, 0.1) is 5.92 Å². The fourth-order valence-electron chi connectivity index (χ4n) is 2.35. The van der Waals surface area contributed by atoms with E-state index in [0.29, 0.717) is 12.8 Å². The molecular formula is C8H12F3N. The molecule has 12 heavy (non-hydrogen) atoms. The van der Waals surface area contributed by atoms with Crippen molar-refractivity contribution in [2.75, 3.05) is 7.05 Å². The maximum absolute atomic E-state index is 12.2. The summed E-state index contributed by atoms with van der Waals surface area (Å²) in [6.07, 6.45) is -2.35. The first kappa shape index (κ1) is 8.35. The summed E-state index contributed by atoms with van der Waals surface area (Å²) in [5.41, 5.74) is 0. The van der Waals surface area contributed by atoms with Gasteiger partial charge in [0.1, 0.15) is 0 Å². The Kier molecular flexibility index (Phi) is 1.65. The Labute approximate surface area is 69.5 Å². The number of nitrogens with zero attached hydrogens (tertiary/aromatic N) is 1. The van der Waals surface area contributed by atoms with E-state index in [0.717, 1.165) is 6.42 Å². The Morgan fingerprint density at radius 2 is 1.58 bits per heavy atom. The summed E-state index contributed by atoms with van der Waals surface area (Å²) in [5, 5.41) is 0. The average molecular weight is 179 g/mol. The maximum atomic E-state index is 12.2. The molecule has 1 saturated carbocycles. The van der Waals surface area contributed by atoms with Gasteiger partial charge in [-0.3, -0.25) is 0 Å². The lowest BCUT2D eigenvalue weighted by atomic mass is 9.74. The zero-order chi connectivity index (χ0) is 8.93. The topological polar surface area (TPSA) is 3.24 Å². The molecule has 2 heterocycles. The van der Waals surface area contributed by atoms with Crippen molar-refractivity contribution in [1.29, 1.82) is 0 Å². The molecule has 3 aliphatic rings. The number of rotatable bonds is 0. The van der Waals surface area contributed by atoms with Gasteiger partial charge in [-0.25, -0.2) is 0 Å². The van der Waals surface area contributed by atoms with Crippen molar-refractivity contribution in [2.24, 2.45) is 5.92 Å². The minimum Gasteiger partial charge on any atom is -0.300 e. The first-order valence-electron chi connectivity index (χ1n) is 4.27. The van der Waals surface area contributed by atoms with E-state index in [2.05, 4.69) is 4.90 Å². The smallest absolute Gasteiger partial charge is 0.300 e. The van der Waals surface area contributed by atoms with Crippen LogP contribution in [0, 0.1) is 5.92 Å². The predicted octanol–water partition coefficient (Wildman–Crippen LogP) is 2.03. The van der Waals surface area contributed by atoms with Gasteiger partial charge < -0.3 is 4.90 Å². The Morgan fingerprint density at radius 3 is 1.92 bits per heavy atom. The number of piperidine rings is 1. The fraction of sp³-hybridized carbons (Fsp3) is 1.00. The number of alkyl halides is 3. The van der Waals surface area contributed by atoms with E-state index < -0.39 is 12.1 Å². The van der Waals surface area contributed by atoms with E-state index in [1.807, 2.05) is 7.05 Å². The first-order chi connectivity index (χ1) is 5.48. The third-order valence-electron chi connectivity index (χ3n) is 3.27. The quantitative estimate of drug-likeness (QED) is 0.550. The van der Waals surface area contributed by atoms with Crippen molar-refractivity contribution in [2.45, 2.75) is 37.5 Å². The van der Waals surface area contributed by atoms with Crippen LogP contribution in [0.15, 0.2) is 0 Å². The Hall–Kier alpha value is -0.250. The molecule has 2 unspecified atom stereocenters. The van der Waals surface area contributed by atoms with Crippen molar-refractivity contribution in [3.8, 4) is 0 Å². The van der Waals surface area contributed by atoms with Crippen LogP contribution >= 0.6 is 0 Å². The molecule has 4 heteroatoms. The second kappa shape index (κ2) is 2.37. The van der Waals surface area contributed by atoms with E-state index >= 15 is 0 Å². The predicted molar refractivity (Wildman–Crippen MR) is 38.7 cm³/mol. The molecule has 1 aliphatic carbocycles. The summed E-state index contributed by atoms with van der Waals surface area (Å²) in [6, 6.07) is 0.408. The number of hydrogen-bond donors (Lipinski definition) is 0. The molecule has 2 aliphatic heterocycles. The van der Waals surface area contributed by atoms with Gasteiger partial charge in [-0.15, -0.1) is 0 Å². The highest BCUT2D eigenvalue weighted by molar-refractivity contribution is 4.99. The van der Waals surface area contributed by atoms with Gasteiger partial charge in [-0.05, 0) is 26.3 Å². The molecule has 0 N–H and O–H groups in total. The number of fused-ring (bicyclic) bond motifs is 2. The van der Waals surface area contributed by atoms with E-state index in [9.17, 15) is 13.2 Å². The van der Waals surface area contributed by atoms with Gasteiger partial charge >= 0.3 is 6.18 Å². The zero-order valence-electron chi connectivity index (χ0n) is 6.93. The molecule has 3 rings (SSSR count). The first-order valence-corrected chi connectivity index (χ1v) is 4.27. The third kappa shape index (κ3) is 1.13. The summed E-state index contributed by atoms with van der Waals surface area (Å²) >= 11 is 0. The van der Waals surface area contributed by atoms with Crippen molar-refractivity contribution in [3.63, 3.8) is 0 Å². The zero-order valence-corrected chi connectivity index (χ0v) is 6.93. The molecule has 1 nitrogen and oxygen atoms in total. The summed E-state index contributed by atoms with van der Waals surface area (Å²) in [6.45, 7) is 0. The van der Waals surface area contributed by atoms with E-state index in [4.69, 9.17) is 0 Å². The van der Waals surface area contributed by atoms with Crippen LogP contribution in [0.3, 0.4) is 0 Å². The Balaban J connectivity index is 1.99. The molecule has 0 radical (unpaired) electrons. The van der Waals surface area contributed by atoms with Gasteiger partial charge in [0.25, 0.3) is 0 Å². The minimum absolute atomic E-state index is 0.204. The van der Waals surface area contributed by atoms with E-state index in [-0.39, 0.29) is 12.1 Å². The molecule has 0 spiro atoms. The van der Waals surface area contributed by atoms with Crippen molar-refractivity contribution in [3.05, 3.63) is 0 Å². The standard InChI is InChI=1S/C8H12F3N/c1-12-6-2-5(8(9,10)11)3-7(12)4-6/h5-7H,2-4H2,1H3/t5?,6-,7?/m1/s1. The number of hydrogen-bond acceptors (Lipinski definition) is 1.